The molecule has 1 aliphatic heterocycles. The molecule has 0 bridgehead atoms. The van der Waals surface area contributed by atoms with Gasteiger partial charge >= 0.3 is 0 Å². The van der Waals surface area contributed by atoms with Crippen LogP contribution in [0.15, 0.2) is 49.2 Å². The lowest BCUT2D eigenvalue weighted by Crippen LogP contribution is -2.33. The van der Waals surface area contributed by atoms with Gasteiger partial charge in [-0.1, -0.05) is 0 Å². The standard InChI is InChI=1S/C20H22N8.H2/c1-26-8-2-3-9-27(15-26)17-4-6-18(7-5-17)28-13-20(24-14-28)25-19-12-22-16(10-21)11-23-19;/h4-7,11-14H,2-3,8-9,15H2,1H3,(H,23,25);1H. The summed E-state index contributed by atoms with van der Waals surface area (Å²) in [4.78, 5) is 17.3. The predicted molar refractivity (Wildman–Crippen MR) is 110 cm³/mol. The summed E-state index contributed by atoms with van der Waals surface area (Å²) in [5, 5.41) is 11.9. The molecule has 1 aliphatic rings. The number of imidazole rings is 1. The van der Waals surface area contributed by atoms with Crippen LogP contribution in [0, 0.1) is 11.3 Å². The van der Waals surface area contributed by atoms with Crippen molar-refractivity contribution in [1.29, 1.82) is 5.26 Å². The van der Waals surface area contributed by atoms with Gasteiger partial charge in [-0.15, -0.1) is 0 Å². The van der Waals surface area contributed by atoms with E-state index in [0.717, 1.165) is 25.4 Å². The minimum absolute atomic E-state index is 0. The van der Waals surface area contributed by atoms with Crippen LogP contribution >= 0.6 is 0 Å². The molecule has 0 atom stereocenters. The van der Waals surface area contributed by atoms with Crippen LogP contribution in [0.3, 0.4) is 0 Å². The minimum atomic E-state index is 0. The van der Waals surface area contributed by atoms with Crippen molar-refractivity contribution < 1.29 is 1.43 Å². The molecule has 1 saturated heterocycles. The second kappa shape index (κ2) is 8.06. The summed E-state index contributed by atoms with van der Waals surface area (Å²) in [6.45, 7) is 3.21. The number of nitrogens with one attached hydrogen (secondary N) is 1. The first kappa shape index (κ1) is 17.9. The topological polar surface area (TPSA) is 85.9 Å². The number of hydrogen-bond acceptors (Lipinski definition) is 7. The molecule has 28 heavy (non-hydrogen) atoms. The molecule has 1 N–H and O–H groups in total. The number of aromatic nitrogens is 4. The van der Waals surface area contributed by atoms with Gasteiger partial charge in [-0.25, -0.2) is 15.0 Å². The zero-order chi connectivity index (χ0) is 19.3. The third kappa shape index (κ3) is 4.10. The van der Waals surface area contributed by atoms with Crippen molar-refractivity contribution in [1.82, 2.24) is 24.4 Å². The predicted octanol–water partition coefficient (Wildman–Crippen LogP) is 3.01. The maximum absolute atomic E-state index is 8.78. The molecule has 8 heteroatoms. The lowest BCUT2D eigenvalue weighted by atomic mass is 10.2. The highest BCUT2D eigenvalue weighted by atomic mass is 15.3. The summed E-state index contributed by atoms with van der Waals surface area (Å²) in [6, 6.07) is 10.5. The van der Waals surface area contributed by atoms with Crippen LogP contribution in [-0.2, 0) is 0 Å². The van der Waals surface area contributed by atoms with Gasteiger partial charge in [0.15, 0.2) is 5.69 Å². The van der Waals surface area contributed by atoms with E-state index in [4.69, 9.17) is 5.26 Å². The number of anilines is 3. The quantitative estimate of drug-likeness (QED) is 0.749. The smallest absolute Gasteiger partial charge is 0.158 e. The fraction of sp³-hybridized carbons (Fsp3) is 0.300. The maximum atomic E-state index is 8.78. The summed E-state index contributed by atoms with van der Waals surface area (Å²) in [6.07, 6.45) is 9.08. The normalized spacial score (nSPS) is 15.1. The van der Waals surface area contributed by atoms with E-state index in [2.05, 4.69) is 61.4 Å². The molecule has 0 aliphatic carbocycles. The van der Waals surface area contributed by atoms with Crippen LogP contribution < -0.4 is 10.2 Å². The Morgan fingerprint density at radius 1 is 1.00 bits per heavy atom. The molecule has 3 aromatic rings. The second-order valence-corrected chi connectivity index (χ2v) is 6.90. The van der Waals surface area contributed by atoms with Crippen molar-refractivity contribution in [2.75, 3.05) is 37.0 Å². The van der Waals surface area contributed by atoms with Crippen molar-refractivity contribution in [2.24, 2.45) is 0 Å². The molecule has 4 rings (SSSR count). The SMILES string of the molecule is CN1CCCCN(c2ccc(-n3cnc(Nc4cnc(C#N)cn4)c3)cc2)C1.[HH]. The summed E-state index contributed by atoms with van der Waals surface area (Å²) < 4.78 is 1.96. The first-order chi connectivity index (χ1) is 13.7. The zero-order valence-corrected chi connectivity index (χ0v) is 15.8. The summed E-state index contributed by atoms with van der Waals surface area (Å²) in [7, 11) is 2.17. The molecule has 8 nitrogen and oxygen atoms in total. The Hall–Kier alpha value is -3.44. The highest BCUT2D eigenvalue weighted by molar-refractivity contribution is 5.53. The third-order valence-electron chi connectivity index (χ3n) is 4.75. The average molecular weight is 376 g/mol. The first-order valence-corrected chi connectivity index (χ1v) is 9.28. The van der Waals surface area contributed by atoms with E-state index in [-0.39, 0.29) is 7.12 Å². The number of nitrogens with zero attached hydrogens (tertiary/aromatic N) is 7. The van der Waals surface area contributed by atoms with Crippen LogP contribution in [0.4, 0.5) is 17.3 Å². The van der Waals surface area contributed by atoms with Crippen molar-refractivity contribution in [3.05, 3.63) is 54.9 Å². The molecule has 0 amide bonds. The van der Waals surface area contributed by atoms with Crippen molar-refractivity contribution >= 4 is 17.3 Å². The largest absolute Gasteiger partial charge is 0.359 e. The molecule has 144 valence electrons. The molecule has 0 saturated carbocycles. The number of benzene rings is 1. The van der Waals surface area contributed by atoms with E-state index in [1.54, 1.807) is 6.33 Å². The number of nitriles is 1. The van der Waals surface area contributed by atoms with E-state index < -0.39 is 0 Å². The lowest BCUT2D eigenvalue weighted by Gasteiger charge is -2.26. The fourth-order valence-electron chi connectivity index (χ4n) is 3.27. The van der Waals surface area contributed by atoms with Crippen molar-refractivity contribution in [3.8, 4) is 11.8 Å². The van der Waals surface area contributed by atoms with Gasteiger partial charge in [-0.3, -0.25) is 4.90 Å². The van der Waals surface area contributed by atoms with Gasteiger partial charge in [0.1, 0.15) is 24.0 Å². The molecule has 0 radical (unpaired) electrons. The van der Waals surface area contributed by atoms with Crippen LogP contribution in [0.1, 0.15) is 20.0 Å². The molecular weight excluding hydrogens is 352 g/mol. The zero-order valence-electron chi connectivity index (χ0n) is 15.8. The number of hydrogen-bond donors (Lipinski definition) is 1. The lowest BCUT2D eigenvalue weighted by molar-refractivity contribution is 0.350. The van der Waals surface area contributed by atoms with E-state index in [1.807, 2.05) is 16.8 Å². The molecular formula is C20H24N8. The highest BCUT2D eigenvalue weighted by Gasteiger charge is 2.13. The van der Waals surface area contributed by atoms with E-state index in [9.17, 15) is 0 Å². The molecule has 0 spiro atoms. The maximum Gasteiger partial charge on any atom is 0.158 e. The van der Waals surface area contributed by atoms with Gasteiger partial charge in [0.25, 0.3) is 0 Å². The van der Waals surface area contributed by atoms with Gasteiger partial charge in [0, 0.05) is 19.3 Å². The Kier molecular flexibility index (Phi) is 5.17. The van der Waals surface area contributed by atoms with Crippen LogP contribution in [0.2, 0.25) is 0 Å². The summed E-state index contributed by atoms with van der Waals surface area (Å²) >= 11 is 0. The van der Waals surface area contributed by atoms with Gasteiger partial charge in [-0.2, -0.15) is 5.26 Å². The fourth-order valence-corrected chi connectivity index (χ4v) is 3.27. The Labute approximate surface area is 165 Å². The van der Waals surface area contributed by atoms with Crippen LogP contribution in [0.5, 0.6) is 0 Å². The average Bonchev–Trinajstić information content (AvgIpc) is 3.08. The molecule has 0 unspecified atom stereocenters. The summed E-state index contributed by atoms with van der Waals surface area (Å²) in [5.74, 6) is 1.21. The molecule has 3 heterocycles. The second-order valence-electron chi connectivity index (χ2n) is 6.90. The Morgan fingerprint density at radius 2 is 1.79 bits per heavy atom. The monoisotopic (exact) mass is 376 g/mol. The van der Waals surface area contributed by atoms with Gasteiger partial charge < -0.3 is 14.8 Å². The Bertz CT molecular complexity index is 961. The summed E-state index contributed by atoms with van der Waals surface area (Å²) in [5.41, 5.74) is 2.56. The van der Waals surface area contributed by atoms with E-state index in [1.165, 1.54) is 30.9 Å². The minimum Gasteiger partial charge on any atom is -0.359 e. The molecule has 1 fully saturated rings. The van der Waals surface area contributed by atoms with Gasteiger partial charge in [0.2, 0.25) is 0 Å². The number of rotatable bonds is 4. The Morgan fingerprint density at radius 3 is 2.54 bits per heavy atom. The highest BCUT2D eigenvalue weighted by Crippen LogP contribution is 2.21. The van der Waals surface area contributed by atoms with Crippen molar-refractivity contribution in [3.63, 3.8) is 0 Å². The van der Waals surface area contributed by atoms with Gasteiger partial charge in [0.05, 0.1) is 25.3 Å². The van der Waals surface area contributed by atoms with E-state index in [0.29, 0.717) is 11.6 Å². The Balaban J connectivity index is 0.00000240. The third-order valence-corrected chi connectivity index (χ3v) is 4.75. The molecule has 2 aromatic heterocycles. The van der Waals surface area contributed by atoms with Gasteiger partial charge in [-0.05, 0) is 50.7 Å². The first-order valence-electron chi connectivity index (χ1n) is 9.28. The van der Waals surface area contributed by atoms with E-state index >= 15 is 0 Å². The van der Waals surface area contributed by atoms with Crippen molar-refractivity contribution in [2.45, 2.75) is 12.8 Å². The molecule has 1 aromatic carbocycles. The van der Waals surface area contributed by atoms with Crippen LogP contribution in [0.25, 0.3) is 5.69 Å². The van der Waals surface area contributed by atoms with Crippen LogP contribution in [-0.4, -0.2) is 51.2 Å².